The Kier molecular flexibility index (Phi) is 6.82. The molecule has 2 saturated heterocycles. The second-order valence-corrected chi connectivity index (χ2v) is 8.56. The van der Waals surface area contributed by atoms with E-state index in [1.165, 1.54) is 0 Å². The van der Waals surface area contributed by atoms with Crippen LogP contribution in [0.5, 0.6) is 5.75 Å². The minimum Gasteiger partial charge on any atom is -0.495 e. The quantitative estimate of drug-likeness (QED) is 0.711. The summed E-state index contributed by atoms with van der Waals surface area (Å²) in [4.78, 5) is 43.3. The SMILES string of the molecule is COc1ccccc1NC(=O)N1CCC(N2CCN(Cc3ccc(C)cc3)C(=O)C2=O)CC1. The number of hydrogen-bond acceptors (Lipinski definition) is 4. The number of likely N-dealkylation sites (tertiary alicyclic amines) is 1. The fourth-order valence-electron chi connectivity index (χ4n) is 4.43. The molecule has 2 aromatic rings. The van der Waals surface area contributed by atoms with E-state index in [4.69, 9.17) is 4.74 Å². The summed E-state index contributed by atoms with van der Waals surface area (Å²) in [5, 5.41) is 2.89. The Morgan fingerprint density at radius 2 is 1.67 bits per heavy atom. The van der Waals surface area contributed by atoms with Crippen LogP contribution >= 0.6 is 0 Å². The molecule has 2 aliphatic rings. The molecule has 2 aromatic carbocycles. The molecule has 0 saturated carbocycles. The van der Waals surface area contributed by atoms with Gasteiger partial charge in [-0.2, -0.15) is 0 Å². The molecule has 4 amide bonds. The van der Waals surface area contributed by atoms with Crippen molar-refractivity contribution in [1.29, 1.82) is 0 Å². The first-order valence-electron chi connectivity index (χ1n) is 11.3. The number of piperidine rings is 1. The number of aryl methyl sites for hydroxylation is 1. The molecule has 8 nitrogen and oxygen atoms in total. The van der Waals surface area contributed by atoms with Gasteiger partial charge in [0.2, 0.25) is 0 Å². The van der Waals surface area contributed by atoms with Crippen LogP contribution in [0.3, 0.4) is 0 Å². The molecule has 1 N–H and O–H groups in total. The molecule has 33 heavy (non-hydrogen) atoms. The number of nitrogens with one attached hydrogen (secondary N) is 1. The number of para-hydroxylation sites is 2. The third kappa shape index (κ3) is 5.10. The topological polar surface area (TPSA) is 82.2 Å². The van der Waals surface area contributed by atoms with Crippen molar-refractivity contribution in [2.75, 3.05) is 38.6 Å². The lowest BCUT2D eigenvalue weighted by molar-refractivity contribution is -0.158. The van der Waals surface area contributed by atoms with Crippen molar-refractivity contribution >= 4 is 23.5 Å². The molecule has 174 valence electrons. The van der Waals surface area contributed by atoms with Gasteiger partial charge in [-0.1, -0.05) is 42.0 Å². The predicted octanol–water partition coefficient (Wildman–Crippen LogP) is 2.87. The number of benzene rings is 2. The maximum Gasteiger partial charge on any atom is 0.321 e. The first-order chi connectivity index (χ1) is 16.0. The van der Waals surface area contributed by atoms with Gasteiger partial charge in [-0.05, 0) is 37.5 Å². The zero-order valence-electron chi connectivity index (χ0n) is 19.1. The number of carbonyl (C=O) groups is 3. The highest BCUT2D eigenvalue weighted by molar-refractivity contribution is 6.35. The zero-order chi connectivity index (χ0) is 23.4. The number of hydrogen-bond donors (Lipinski definition) is 1. The second kappa shape index (κ2) is 9.94. The van der Waals surface area contributed by atoms with Gasteiger partial charge in [0.05, 0.1) is 12.8 Å². The Bertz CT molecular complexity index is 1020. The molecule has 4 rings (SSSR count). The van der Waals surface area contributed by atoms with Crippen LogP contribution in [0.1, 0.15) is 24.0 Å². The van der Waals surface area contributed by atoms with Crippen molar-refractivity contribution in [3.05, 3.63) is 59.7 Å². The van der Waals surface area contributed by atoms with Crippen molar-refractivity contribution in [3.8, 4) is 5.75 Å². The van der Waals surface area contributed by atoms with Crippen molar-refractivity contribution in [3.63, 3.8) is 0 Å². The zero-order valence-corrected chi connectivity index (χ0v) is 19.1. The van der Waals surface area contributed by atoms with E-state index in [9.17, 15) is 14.4 Å². The number of ether oxygens (including phenoxy) is 1. The van der Waals surface area contributed by atoms with Gasteiger partial charge in [0.15, 0.2) is 0 Å². The lowest BCUT2D eigenvalue weighted by atomic mass is 10.0. The summed E-state index contributed by atoms with van der Waals surface area (Å²) in [5.74, 6) is -0.281. The smallest absolute Gasteiger partial charge is 0.321 e. The predicted molar refractivity (Wildman–Crippen MR) is 125 cm³/mol. The molecule has 0 bridgehead atoms. The van der Waals surface area contributed by atoms with Crippen LogP contribution in [-0.2, 0) is 16.1 Å². The lowest BCUT2D eigenvalue weighted by Crippen LogP contribution is -2.59. The molecule has 0 unspecified atom stereocenters. The van der Waals surface area contributed by atoms with E-state index in [-0.39, 0.29) is 12.1 Å². The molecule has 0 aliphatic carbocycles. The normalized spacial score (nSPS) is 17.3. The number of methoxy groups -OCH3 is 1. The van der Waals surface area contributed by atoms with E-state index < -0.39 is 11.8 Å². The van der Waals surface area contributed by atoms with Crippen molar-refractivity contribution < 1.29 is 19.1 Å². The number of urea groups is 1. The summed E-state index contributed by atoms with van der Waals surface area (Å²) < 4.78 is 5.29. The molecule has 2 fully saturated rings. The number of amides is 4. The van der Waals surface area contributed by atoms with Gasteiger partial charge in [0.1, 0.15) is 5.75 Å². The summed E-state index contributed by atoms with van der Waals surface area (Å²) in [7, 11) is 1.56. The Hall–Kier alpha value is -3.55. The number of nitrogens with zero attached hydrogens (tertiary/aromatic N) is 3. The van der Waals surface area contributed by atoms with E-state index in [2.05, 4.69) is 5.32 Å². The summed E-state index contributed by atoms with van der Waals surface area (Å²) in [5.41, 5.74) is 2.80. The van der Waals surface area contributed by atoms with Gasteiger partial charge in [-0.15, -0.1) is 0 Å². The molecule has 0 radical (unpaired) electrons. The molecule has 2 heterocycles. The first-order valence-corrected chi connectivity index (χ1v) is 11.3. The largest absolute Gasteiger partial charge is 0.495 e. The first kappa shape index (κ1) is 22.6. The van der Waals surface area contributed by atoms with Gasteiger partial charge in [-0.25, -0.2) is 4.79 Å². The summed E-state index contributed by atoms with van der Waals surface area (Å²) in [6.07, 6.45) is 1.30. The van der Waals surface area contributed by atoms with Gasteiger partial charge < -0.3 is 24.8 Å². The Balaban J connectivity index is 1.30. The van der Waals surface area contributed by atoms with Gasteiger partial charge >= 0.3 is 17.8 Å². The van der Waals surface area contributed by atoms with Gasteiger partial charge in [-0.3, -0.25) is 9.59 Å². The van der Waals surface area contributed by atoms with E-state index in [1.54, 1.807) is 33.9 Å². The second-order valence-electron chi connectivity index (χ2n) is 8.56. The Morgan fingerprint density at radius 1 is 0.970 bits per heavy atom. The van der Waals surface area contributed by atoms with E-state index in [1.807, 2.05) is 43.3 Å². The molecular weight excluding hydrogens is 420 g/mol. The highest BCUT2D eigenvalue weighted by Gasteiger charge is 2.38. The minimum absolute atomic E-state index is 0.0294. The third-order valence-electron chi connectivity index (χ3n) is 6.38. The Morgan fingerprint density at radius 3 is 2.36 bits per heavy atom. The van der Waals surface area contributed by atoms with Gasteiger partial charge in [0, 0.05) is 38.8 Å². The number of rotatable bonds is 5. The van der Waals surface area contributed by atoms with Crippen LogP contribution in [-0.4, -0.2) is 71.9 Å². The van der Waals surface area contributed by atoms with E-state index in [0.717, 1.165) is 11.1 Å². The monoisotopic (exact) mass is 450 g/mol. The molecule has 0 atom stereocenters. The van der Waals surface area contributed by atoms with Crippen LogP contribution in [0.4, 0.5) is 10.5 Å². The van der Waals surface area contributed by atoms with Crippen LogP contribution in [0.2, 0.25) is 0 Å². The fourth-order valence-corrected chi connectivity index (χ4v) is 4.43. The van der Waals surface area contributed by atoms with Crippen molar-refractivity contribution in [2.45, 2.75) is 32.4 Å². The van der Waals surface area contributed by atoms with Crippen molar-refractivity contribution in [1.82, 2.24) is 14.7 Å². The van der Waals surface area contributed by atoms with Crippen LogP contribution in [0.15, 0.2) is 48.5 Å². The van der Waals surface area contributed by atoms with E-state index in [0.29, 0.717) is 57.0 Å². The molecule has 8 heteroatoms. The van der Waals surface area contributed by atoms with Crippen LogP contribution < -0.4 is 10.1 Å². The molecule has 0 spiro atoms. The highest BCUT2D eigenvalue weighted by atomic mass is 16.5. The van der Waals surface area contributed by atoms with E-state index >= 15 is 0 Å². The van der Waals surface area contributed by atoms with Gasteiger partial charge in [0.25, 0.3) is 0 Å². The van der Waals surface area contributed by atoms with Crippen LogP contribution in [0, 0.1) is 6.92 Å². The summed E-state index contributed by atoms with van der Waals surface area (Å²) >= 11 is 0. The molecule has 2 aliphatic heterocycles. The lowest BCUT2D eigenvalue weighted by Gasteiger charge is -2.42. The standard InChI is InChI=1S/C25H30N4O4/c1-18-7-9-19(10-8-18)17-28-15-16-29(24(31)23(28)30)20-11-13-27(14-12-20)25(32)26-21-5-3-4-6-22(21)33-2/h3-10,20H,11-17H2,1-2H3,(H,26,32). The number of carbonyl (C=O) groups excluding carboxylic acids is 3. The fraction of sp³-hybridized carbons (Fsp3) is 0.400. The third-order valence-corrected chi connectivity index (χ3v) is 6.38. The maximum atomic E-state index is 12.8. The Labute approximate surface area is 194 Å². The highest BCUT2D eigenvalue weighted by Crippen LogP contribution is 2.25. The average Bonchev–Trinajstić information content (AvgIpc) is 2.84. The van der Waals surface area contributed by atoms with Crippen molar-refractivity contribution in [2.24, 2.45) is 0 Å². The number of piperazine rings is 1. The maximum absolute atomic E-state index is 12.8. The summed E-state index contributed by atoms with van der Waals surface area (Å²) in [6, 6.07) is 15.1. The van der Waals surface area contributed by atoms with Crippen LogP contribution in [0.25, 0.3) is 0 Å². The molecule has 0 aromatic heterocycles. The minimum atomic E-state index is -0.446. The molecular formula is C25H30N4O4. The average molecular weight is 451 g/mol. The number of anilines is 1. The summed E-state index contributed by atoms with van der Waals surface area (Å²) in [6.45, 7) is 4.56.